The molecule has 1 fully saturated rings. The Hall–Kier alpha value is -2.82. The first-order chi connectivity index (χ1) is 12.5. The van der Waals surface area contributed by atoms with Gasteiger partial charge in [-0.05, 0) is 37.1 Å². The molecule has 0 unspecified atom stereocenters. The molecule has 1 N–H and O–H groups in total. The fraction of sp³-hybridized carbons (Fsp3) is 0.333. The molecule has 5 nitrogen and oxygen atoms in total. The molecule has 136 valence electrons. The fourth-order valence-corrected chi connectivity index (χ4v) is 3.17. The van der Waals surface area contributed by atoms with E-state index in [-0.39, 0.29) is 24.2 Å². The summed E-state index contributed by atoms with van der Waals surface area (Å²) in [5.41, 5.74) is 3.93. The SMILES string of the molecule is COc1ccc(C)cc1NC(=O)[C@@H]1CC(=O)N(Cc2ccc(C)cc2)C1. The number of ether oxygens (including phenoxy) is 1. The van der Waals surface area contributed by atoms with Crippen molar-refractivity contribution in [3.63, 3.8) is 0 Å². The van der Waals surface area contributed by atoms with Gasteiger partial charge < -0.3 is 15.0 Å². The summed E-state index contributed by atoms with van der Waals surface area (Å²) in [6.45, 7) is 4.96. The van der Waals surface area contributed by atoms with Crippen LogP contribution in [-0.2, 0) is 16.1 Å². The Kier molecular flexibility index (Phi) is 5.26. The summed E-state index contributed by atoms with van der Waals surface area (Å²) >= 11 is 0. The number of anilines is 1. The van der Waals surface area contributed by atoms with E-state index in [0.29, 0.717) is 24.5 Å². The van der Waals surface area contributed by atoms with Crippen LogP contribution in [0.5, 0.6) is 5.75 Å². The predicted molar refractivity (Wildman–Crippen MR) is 101 cm³/mol. The number of benzene rings is 2. The average Bonchev–Trinajstić information content (AvgIpc) is 2.98. The summed E-state index contributed by atoms with van der Waals surface area (Å²) in [5, 5.41) is 2.91. The lowest BCUT2D eigenvalue weighted by Crippen LogP contribution is -2.28. The van der Waals surface area contributed by atoms with Crippen molar-refractivity contribution in [3.8, 4) is 5.75 Å². The van der Waals surface area contributed by atoms with Crippen molar-refractivity contribution < 1.29 is 14.3 Å². The lowest BCUT2D eigenvalue weighted by Gasteiger charge is -2.17. The van der Waals surface area contributed by atoms with E-state index in [1.165, 1.54) is 5.56 Å². The van der Waals surface area contributed by atoms with Crippen molar-refractivity contribution in [3.05, 3.63) is 59.2 Å². The molecule has 0 spiro atoms. The highest BCUT2D eigenvalue weighted by atomic mass is 16.5. The van der Waals surface area contributed by atoms with Gasteiger partial charge in [0.2, 0.25) is 11.8 Å². The van der Waals surface area contributed by atoms with E-state index in [1.807, 2.05) is 56.3 Å². The molecule has 1 heterocycles. The standard InChI is InChI=1S/C21H24N2O3/c1-14-4-7-16(8-5-14)12-23-13-17(11-20(23)24)21(25)22-18-10-15(2)6-9-19(18)26-3/h4-10,17H,11-13H2,1-3H3,(H,22,25)/t17-/m1/s1. The van der Waals surface area contributed by atoms with Gasteiger partial charge in [-0.3, -0.25) is 9.59 Å². The predicted octanol–water partition coefficient (Wildman–Crippen LogP) is 3.30. The van der Waals surface area contributed by atoms with Gasteiger partial charge in [0.1, 0.15) is 5.75 Å². The molecular formula is C21H24N2O3. The molecule has 0 aromatic heterocycles. The van der Waals surface area contributed by atoms with Gasteiger partial charge in [-0.1, -0.05) is 35.9 Å². The molecule has 1 saturated heterocycles. The highest BCUT2D eigenvalue weighted by molar-refractivity contribution is 5.98. The van der Waals surface area contributed by atoms with Crippen LogP contribution >= 0.6 is 0 Å². The molecule has 1 atom stereocenters. The zero-order chi connectivity index (χ0) is 18.7. The monoisotopic (exact) mass is 352 g/mol. The number of hydrogen-bond acceptors (Lipinski definition) is 3. The van der Waals surface area contributed by atoms with Gasteiger partial charge >= 0.3 is 0 Å². The zero-order valence-electron chi connectivity index (χ0n) is 15.4. The Morgan fingerprint density at radius 2 is 1.85 bits per heavy atom. The van der Waals surface area contributed by atoms with E-state index >= 15 is 0 Å². The number of nitrogens with one attached hydrogen (secondary N) is 1. The number of carbonyl (C=O) groups excluding carboxylic acids is 2. The van der Waals surface area contributed by atoms with E-state index in [4.69, 9.17) is 4.74 Å². The Morgan fingerprint density at radius 1 is 1.15 bits per heavy atom. The molecular weight excluding hydrogens is 328 g/mol. The molecule has 2 aromatic rings. The van der Waals surface area contributed by atoms with Crippen molar-refractivity contribution in [2.45, 2.75) is 26.8 Å². The number of carbonyl (C=O) groups is 2. The molecule has 0 radical (unpaired) electrons. The first kappa shape index (κ1) is 18.0. The maximum Gasteiger partial charge on any atom is 0.229 e. The average molecular weight is 352 g/mol. The van der Waals surface area contributed by atoms with Gasteiger partial charge in [0.15, 0.2) is 0 Å². The van der Waals surface area contributed by atoms with Crippen LogP contribution in [0.4, 0.5) is 5.69 Å². The van der Waals surface area contributed by atoms with Crippen LogP contribution in [0, 0.1) is 19.8 Å². The van der Waals surface area contributed by atoms with E-state index in [9.17, 15) is 9.59 Å². The highest BCUT2D eigenvalue weighted by Gasteiger charge is 2.34. The maximum absolute atomic E-state index is 12.6. The van der Waals surface area contributed by atoms with Crippen LogP contribution in [0.3, 0.4) is 0 Å². The van der Waals surface area contributed by atoms with Gasteiger partial charge in [-0.15, -0.1) is 0 Å². The summed E-state index contributed by atoms with van der Waals surface area (Å²) in [4.78, 5) is 26.7. The number of methoxy groups -OCH3 is 1. The summed E-state index contributed by atoms with van der Waals surface area (Å²) in [5.74, 6) is 0.138. The molecule has 2 aromatic carbocycles. The van der Waals surface area contributed by atoms with Crippen molar-refractivity contribution in [2.75, 3.05) is 19.0 Å². The third-order valence-corrected chi connectivity index (χ3v) is 4.69. The van der Waals surface area contributed by atoms with Gasteiger partial charge in [0.25, 0.3) is 0 Å². The second-order valence-corrected chi connectivity index (χ2v) is 6.85. The molecule has 3 rings (SSSR count). The number of hydrogen-bond donors (Lipinski definition) is 1. The molecule has 0 saturated carbocycles. The number of amides is 2. The Bertz CT molecular complexity index is 815. The second-order valence-electron chi connectivity index (χ2n) is 6.85. The third-order valence-electron chi connectivity index (χ3n) is 4.69. The smallest absolute Gasteiger partial charge is 0.229 e. The Balaban J connectivity index is 1.65. The summed E-state index contributed by atoms with van der Waals surface area (Å²) in [7, 11) is 1.57. The van der Waals surface area contributed by atoms with Gasteiger partial charge in [0.05, 0.1) is 18.7 Å². The molecule has 0 bridgehead atoms. The van der Waals surface area contributed by atoms with E-state index < -0.39 is 0 Å². The van der Waals surface area contributed by atoms with Crippen molar-refractivity contribution in [1.82, 2.24) is 4.90 Å². The quantitative estimate of drug-likeness (QED) is 0.898. The number of likely N-dealkylation sites (tertiary alicyclic amines) is 1. The van der Waals surface area contributed by atoms with Crippen LogP contribution in [-0.4, -0.2) is 30.4 Å². The van der Waals surface area contributed by atoms with E-state index in [0.717, 1.165) is 11.1 Å². The summed E-state index contributed by atoms with van der Waals surface area (Å²) in [6.07, 6.45) is 0.242. The third kappa shape index (κ3) is 4.04. The minimum atomic E-state index is -0.349. The minimum absolute atomic E-state index is 0.0157. The number of aryl methyl sites for hydroxylation is 2. The van der Waals surface area contributed by atoms with Crippen LogP contribution in [0.1, 0.15) is 23.1 Å². The zero-order valence-corrected chi connectivity index (χ0v) is 15.4. The lowest BCUT2D eigenvalue weighted by atomic mass is 10.1. The van der Waals surface area contributed by atoms with Gasteiger partial charge in [-0.2, -0.15) is 0 Å². The summed E-state index contributed by atoms with van der Waals surface area (Å²) in [6, 6.07) is 13.7. The molecule has 5 heteroatoms. The molecule has 1 aliphatic heterocycles. The minimum Gasteiger partial charge on any atom is -0.495 e. The topological polar surface area (TPSA) is 58.6 Å². The van der Waals surface area contributed by atoms with Crippen LogP contribution < -0.4 is 10.1 Å². The molecule has 1 aliphatic rings. The van der Waals surface area contributed by atoms with Gasteiger partial charge in [0, 0.05) is 19.5 Å². The largest absolute Gasteiger partial charge is 0.495 e. The Morgan fingerprint density at radius 3 is 2.54 bits per heavy atom. The van der Waals surface area contributed by atoms with Crippen LogP contribution in [0.25, 0.3) is 0 Å². The van der Waals surface area contributed by atoms with Crippen molar-refractivity contribution in [1.29, 1.82) is 0 Å². The number of rotatable bonds is 5. The van der Waals surface area contributed by atoms with E-state index in [1.54, 1.807) is 12.0 Å². The lowest BCUT2D eigenvalue weighted by molar-refractivity contribution is -0.128. The van der Waals surface area contributed by atoms with Crippen molar-refractivity contribution >= 4 is 17.5 Å². The first-order valence-electron chi connectivity index (χ1n) is 8.75. The van der Waals surface area contributed by atoms with Crippen molar-refractivity contribution in [2.24, 2.45) is 5.92 Å². The second kappa shape index (κ2) is 7.60. The molecule has 2 amide bonds. The number of nitrogens with zero attached hydrogens (tertiary/aromatic N) is 1. The van der Waals surface area contributed by atoms with Gasteiger partial charge in [-0.25, -0.2) is 0 Å². The molecule has 0 aliphatic carbocycles. The summed E-state index contributed by atoms with van der Waals surface area (Å²) < 4.78 is 5.30. The fourth-order valence-electron chi connectivity index (χ4n) is 3.17. The van der Waals surface area contributed by atoms with E-state index in [2.05, 4.69) is 5.32 Å². The first-order valence-corrected chi connectivity index (χ1v) is 8.75. The Labute approximate surface area is 154 Å². The maximum atomic E-state index is 12.6. The van der Waals surface area contributed by atoms with Crippen LogP contribution in [0.15, 0.2) is 42.5 Å². The molecule has 26 heavy (non-hydrogen) atoms. The normalized spacial score (nSPS) is 16.7. The van der Waals surface area contributed by atoms with Crippen LogP contribution in [0.2, 0.25) is 0 Å². The highest BCUT2D eigenvalue weighted by Crippen LogP contribution is 2.27.